The molecule has 0 fully saturated rings. The molecule has 1 aromatic rings. The van der Waals surface area contributed by atoms with Crippen molar-refractivity contribution in [3.05, 3.63) is 34.9 Å². The first-order chi connectivity index (χ1) is 8.27. The first kappa shape index (κ1) is 14.5. The van der Waals surface area contributed by atoms with Crippen molar-refractivity contribution >= 4 is 5.91 Å². The number of hydrogen-bond acceptors (Lipinski definition) is 1. The maximum Gasteiger partial charge on any atom is 0.416 e. The second-order valence-corrected chi connectivity index (χ2v) is 4.31. The number of amides is 1. The molecule has 0 aliphatic rings. The molecule has 0 aliphatic heterocycles. The Hall–Kier alpha value is -1.52. The normalized spacial score (nSPS) is 11.7. The molecule has 1 aromatic carbocycles. The van der Waals surface area contributed by atoms with Crippen molar-refractivity contribution in [2.45, 2.75) is 32.9 Å². The molecule has 0 atom stereocenters. The molecule has 0 unspecified atom stereocenters. The first-order valence-electron chi connectivity index (χ1n) is 5.76. The highest BCUT2D eigenvalue weighted by molar-refractivity contribution is 5.94. The number of halogens is 3. The van der Waals surface area contributed by atoms with Crippen LogP contribution in [0.1, 0.15) is 48.2 Å². The molecule has 1 amide bonds. The van der Waals surface area contributed by atoms with Gasteiger partial charge in [0, 0.05) is 12.1 Å². The fraction of sp³-hybridized carbons (Fsp3) is 0.462. The predicted molar refractivity (Wildman–Crippen MR) is 63.5 cm³/mol. The summed E-state index contributed by atoms with van der Waals surface area (Å²) in [7, 11) is 0. The van der Waals surface area contributed by atoms with E-state index in [2.05, 4.69) is 5.32 Å². The van der Waals surface area contributed by atoms with Gasteiger partial charge in [-0.05, 0) is 30.5 Å². The van der Waals surface area contributed by atoms with Crippen LogP contribution in [0.2, 0.25) is 0 Å². The van der Waals surface area contributed by atoms with Gasteiger partial charge in [0.1, 0.15) is 0 Å². The van der Waals surface area contributed by atoms with Crippen molar-refractivity contribution in [2.75, 3.05) is 6.54 Å². The standard InChI is InChI=1S/C13H16F3NO/c1-4-17-12(18)9-5-6-10(8(2)3)11(7-9)13(14,15)16/h5-8H,4H2,1-3H3,(H,17,18). The van der Waals surface area contributed by atoms with E-state index < -0.39 is 17.6 Å². The highest BCUT2D eigenvalue weighted by Crippen LogP contribution is 2.35. The molecule has 100 valence electrons. The number of carbonyl (C=O) groups excluding carboxylic acids is 1. The molecule has 0 radical (unpaired) electrons. The predicted octanol–water partition coefficient (Wildman–Crippen LogP) is 3.58. The fourth-order valence-electron chi connectivity index (χ4n) is 1.71. The molecule has 5 heteroatoms. The molecule has 18 heavy (non-hydrogen) atoms. The number of rotatable bonds is 3. The van der Waals surface area contributed by atoms with Crippen LogP contribution in [-0.2, 0) is 6.18 Å². The fourth-order valence-corrected chi connectivity index (χ4v) is 1.71. The molecular formula is C13H16F3NO. The van der Waals surface area contributed by atoms with Crippen molar-refractivity contribution in [3.63, 3.8) is 0 Å². The SMILES string of the molecule is CCNC(=O)c1ccc(C(C)C)c(C(F)(F)F)c1. The van der Waals surface area contributed by atoms with E-state index in [1.54, 1.807) is 20.8 Å². The van der Waals surface area contributed by atoms with Crippen LogP contribution in [0.15, 0.2) is 18.2 Å². The number of benzene rings is 1. The van der Waals surface area contributed by atoms with Gasteiger partial charge < -0.3 is 5.32 Å². The van der Waals surface area contributed by atoms with E-state index in [-0.39, 0.29) is 17.0 Å². The maximum atomic E-state index is 12.9. The van der Waals surface area contributed by atoms with Crippen LogP contribution in [-0.4, -0.2) is 12.5 Å². The van der Waals surface area contributed by atoms with Crippen LogP contribution < -0.4 is 5.32 Å². The average Bonchev–Trinajstić information content (AvgIpc) is 2.27. The summed E-state index contributed by atoms with van der Waals surface area (Å²) in [5, 5.41) is 2.48. The van der Waals surface area contributed by atoms with E-state index in [0.717, 1.165) is 6.07 Å². The molecule has 1 N–H and O–H groups in total. The van der Waals surface area contributed by atoms with Crippen LogP contribution in [0.25, 0.3) is 0 Å². The molecule has 2 nitrogen and oxygen atoms in total. The largest absolute Gasteiger partial charge is 0.416 e. The lowest BCUT2D eigenvalue weighted by molar-refractivity contribution is -0.138. The molecular weight excluding hydrogens is 243 g/mol. The average molecular weight is 259 g/mol. The molecule has 0 spiro atoms. The van der Waals surface area contributed by atoms with E-state index in [1.807, 2.05) is 0 Å². The summed E-state index contributed by atoms with van der Waals surface area (Å²) in [5.41, 5.74) is -0.495. The Bertz CT molecular complexity index is 438. The van der Waals surface area contributed by atoms with E-state index in [9.17, 15) is 18.0 Å². The Labute approximate surface area is 104 Å². The number of alkyl halides is 3. The van der Waals surface area contributed by atoms with Gasteiger partial charge in [0.15, 0.2) is 0 Å². The van der Waals surface area contributed by atoms with Gasteiger partial charge in [-0.25, -0.2) is 0 Å². The summed E-state index contributed by atoms with van der Waals surface area (Å²) >= 11 is 0. The second-order valence-electron chi connectivity index (χ2n) is 4.31. The number of hydrogen-bond donors (Lipinski definition) is 1. The van der Waals surface area contributed by atoms with Crippen LogP contribution in [0.4, 0.5) is 13.2 Å². The summed E-state index contributed by atoms with van der Waals surface area (Å²) in [6.07, 6.45) is -4.44. The van der Waals surface area contributed by atoms with Crippen molar-refractivity contribution in [1.82, 2.24) is 5.32 Å². The van der Waals surface area contributed by atoms with Gasteiger partial charge >= 0.3 is 6.18 Å². The molecule has 1 rings (SSSR count). The van der Waals surface area contributed by atoms with Crippen LogP contribution in [0, 0.1) is 0 Å². The maximum absolute atomic E-state index is 12.9. The van der Waals surface area contributed by atoms with E-state index in [1.165, 1.54) is 12.1 Å². The molecule has 0 heterocycles. The zero-order valence-electron chi connectivity index (χ0n) is 10.6. The Morgan fingerprint density at radius 2 is 1.94 bits per heavy atom. The Morgan fingerprint density at radius 3 is 2.39 bits per heavy atom. The number of carbonyl (C=O) groups is 1. The van der Waals surface area contributed by atoms with E-state index in [4.69, 9.17) is 0 Å². The van der Waals surface area contributed by atoms with Gasteiger partial charge in [0.2, 0.25) is 0 Å². The zero-order valence-corrected chi connectivity index (χ0v) is 10.6. The zero-order chi connectivity index (χ0) is 13.9. The van der Waals surface area contributed by atoms with E-state index in [0.29, 0.717) is 6.54 Å². The van der Waals surface area contributed by atoms with Gasteiger partial charge in [-0.1, -0.05) is 19.9 Å². The quantitative estimate of drug-likeness (QED) is 0.883. The highest BCUT2D eigenvalue weighted by atomic mass is 19.4. The van der Waals surface area contributed by atoms with Gasteiger partial charge in [0.25, 0.3) is 5.91 Å². The molecule has 0 aromatic heterocycles. The van der Waals surface area contributed by atoms with Gasteiger partial charge in [-0.3, -0.25) is 4.79 Å². The third kappa shape index (κ3) is 3.24. The van der Waals surface area contributed by atoms with Crippen molar-refractivity contribution in [1.29, 1.82) is 0 Å². The third-order valence-corrected chi connectivity index (χ3v) is 2.58. The minimum Gasteiger partial charge on any atom is -0.352 e. The topological polar surface area (TPSA) is 29.1 Å². The summed E-state index contributed by atoms with van der Waals surface area (Å²) in [6.45, 7) is 5.48. The Morgan fingerprint density at radius 1 is 1.33 bits per heavy atom. The lowest BCUT2D eigenvalue weighted by Gasteiger charge is -2.16. The minimum absolute atomic E-state index is 0.0357. The Kier molecular flexibility index (Phi) is 4.38. The lowest BCUT2D eigenvalue weighted by Crippen LogP contribution is -2.23. The monoisotopic (exact) mass is 259 g/mol. The highest BCUT2D eigenvalue weighted by Gasteiger charge is 2.34. The van der Waals surface area contributed by atoms with Crippen molar-refractivity contribution in [3.8, 4) is 0 Å². The summed E-state index contributed by atoms with van der Waals surface area (Å²) in [5.74, 6) is -0.733. The second kappa shape index (κ2) is 5.42. The van der Waals surface area contributed by atoms with Crippen LogP contribution in [0.3, 0.4) is 0 Å². The summed E-state index contributed by atoms with van der Waals surface area (Å²) in [6, 6.07) is 3.72. The van der Waals surface area contributed by atoms with Crippen molar-refractivity contribution in [2.24, 2.45) is 0 Å². The molecule has 0 saturated heterocycles. The molecule has 0 saturated carbocycles. The third-order valence-electron chi connectivity index (χ3n) is 2.58. The van der Waals surface area contributed by atoms with Crippen LogP contribution >= 0.6 is 0 Å². The summed E-state index contributed by atoms with van der Waals surface area (Å²) < 4.78 is 38.7. The van der Waals surface area contributed by atoms with Crippen molar-refractivity contribution < 1.29 is 18.0 Å². The van der Waals surface area contributed by atoms with Gasteiger partial charge in [-0.2, -0.15) is 13.2 Å². The first-order valence-corrected chi connectivity index (χ1v) is 5.76. The minimum atomic E-state index is -4.44. The smallest absolute Gasteiger partial charge is 0.352 e. The van der Waals surface area contributed by atoms with Gasteiger partial charge in [-0.15, -0.1) is 0 Å². The Balaban J connectivity index is 3.26. The van der Waals surface area contributed by atoms with Crippen LogP contribution in [0.5, 0.6) is 0 Å². The summed E-state index contributed by atoms with van der Waals surface area (Å²) in [4.78, 5) is 11.5. The molecule has 0 aliphatic carbocycles. The van der Waals surface area contributed by atoms with Gasteiger partial charge in [0.05, 0.1) is 5.56 Å². The van der Waals surface area contributed by atoms with E-state index >= 15 is 0 Å². The lowest BCUT2D eigenvalue weighted by atomic mass is 9.94. The molecule has 0 bridgehead atoms. The number of nitrogens with one attached hydrogen (secondary N) is 1.